The summed E-state index contributed by atoms with van der Waals surface area (Å²) >= 11 is 0. The molecule has 2 unspecified atom stereocenters. The molecule has 0 bridgehead atoms. The van der Waals surface area contributed by atoms with Gasteiger partial charge in [0.2, 0.25) is 0 Å². The van der Waals surface area contributed by atoms with Crippen molar-refractivity contribution in [3.8, 4) is 11.5 Å². The van der Waals surface area contributed by atoms with Gasteiger partial charge in [0, 0.05) is 17.6 Å². The van der Waals surface area contributed by atoms with E-state index in [4.69, 9.17) is 0 Å². The fourth-order valence-electron chi connectivity index (χ4n) is 2.08. The van der Waals surface area contributed by atoms with E-state index < -0.39 is 0 Å². The topological polar surface area (TPSA) is 52.5 Å². The third-order valence-corrected chi connectivity index (χ3v) is 3.19. The van der Waals surface area contributed by atoms with Crippen molar-refractivity contribution in [2.45, 2.75) is 46.2 Å². The molecule has 1 aromatic carbocycles. The lowest BCUT2D eigenvalue weighted by atomic mass is 9.98. The van der Waals surface area contributed by atoms with E-state index in [9.17, 15) is 10.2 Å². The van der Waals surface area contributed by atoms with Crippen LogP contribution in [0.2, 0.25) is 0 Å². The number of nitrogens with one attached hydrogen (secondary N) is 1. The molecule has 0 saturated heterocycles. The largest absolute Gasteiger partial charge is 0.508 e. The predicted molar refractivity (Wildman–Crippen MR) is 70.2 cm³/mol. The van der Waals surface area contributed by atoms with Crippen LogP contribution in [0.15, 0.2) is 18.2 Å². The second-order valence-electron chi connectivity index (χ2n) is 4.89. The molecule has 0 aliphatic heterocycles. The molecule has 0 radical (unpaired) electrons. The number of hydrogen-bond acceptors (Lipinski definition) is 3. The van der Waals surface area contributed by atoms with Crippen LogP contribution < -0.4 is 5.32 Å². The van der Waals surface area contributed by atoms with Crippen LogP contribution >= 0.6 is 0 Å². The van der Waals surface area contributed by atoms with Crippen LogP contribution in [0.25, 0.3) is 0 Å². The zero-order valence-electron chi connectivity index (χ0n) is 11.1. The van der Waals surface area contributed by atoms with E-state index in [-0.39, 0.29) is 17.5 Å². The second kappa shape index (κ2) is 5.92. The lowest BCUT2D eigenvalue weighted by Gasteiger charge is -2.26. The molecule has 3 N–H and O–H groups in total. The Balaban J connectivity index is 2.81. The van der Waals surface area contributed by atoms with E-state index in [1.807, 2.05) is 6.92 Å². The molecular formula is C14H23NO2. The molecule has 0 aromatic heterocycles. The van der Waals surface area contributed by atoms with Crippen molar-refractivity contribution >= 4 is 0 Å². The lowest BCUT2D eigenvalue weighted by molar-refractivity contribution is 0.348. The van der Waals surface area contributed by atoms with Crippen molar-refractivity contribution in [1.82, 2.24) is 5.32 Å². The predicted octanol–water partition coefficient (Wildman–Crippen LogP) is 3.18. The van der Waals surface area contributed by atoms with Gasteiger partial charge in [-0.25, -0.2) is 0 Å². The molecule has 0 aliphatic carbocycles. The summed E-state index contributed by atoms with van der Waals surface area (Å²) in [5.74, 6) is 0.951. The molecule has 3 nitrogen and oxygen atoms in total. The first-order valence-corrected chi connectivity index (χ1v) is 6.23. The van der Waals surface area contributed by atoms with Gasteiger partial charge in [-0.3, -0.25) is 0 Å². The average Bonchev–Trinajstić information content (AvgIpc) is 2.28. The Hall–Kier alpha value is -1.22. The van der Waals surface area contributed by atoms with Crippen molar-refractivity contribution in [3.63, 3.8) is 0 Å². The van der Waals surface area contributed by atoms with E-state index in [2.05, 4.69) is 26.1 Å². The third-order valence-electron chi connectivity index (χ3n) is 3.19. The summed E-state index contributed by atoms with van der Waals surface area (Å²) < 4.78 is 0. The van der Waals surface area contributed by atoms with E-state index in [1.165, 1.54) is 12.1 Å². The van der Waals surface area contributed by atoms with Crippen LogP contribution in [0, 0.1) is 5.92 Å². The number of rotatable bonds is 5. The number of aromatic hydroxyl groups is 2. The van der Waals surface area contributed by atoms with Crippen LogP contribution in [-0.4, -0.2) is 16.3 Å². The van der Waals surface area contributed by atoms with E-state index in [1.54, 1.807) is 6.07 Å². The van der Waals surface area contributed by atoms with Crippen molar-refractivity contribution in [3.05, 3.63) is 23.8 Å². The van der Waals surface area contributed by atoms with Gasteiger partial charge in [-0.15, -0.1) is 0 Å². The first-order valence-electron chi connectivity index (χ1n) is 6.23. The molecule has 0 spiro atoms. The summed E-state index contributed by atoms with van der Waals surface area (Å²) in [5.41, 5.74) is 0.740. The maximum Gasteiger partial charge on any atom is 0.120 e. The van der Waals surface area contributed by atoms with Gasteiger partial charge in [0.1, 0.15) is 11.5 Å². The highest BCUT2D eigenvalue weighted by atomic mass is 16.3. The Kier molecular flexibility index (Phi) is 4.82. The molecular weight excluding hydrogens is 214 g/mol. The molecule has 0 aliphatic rings. The molecule has 1 rings (SSSR count). The standard InChI is InChI=1S/C14H23NO2/c1-5-13(9(2)3)15-10(4)12-8-11(16)6-7-14(12)17/h6-10,13,15-17H,5H2,1-4H3. The van der Waals surface area contributed by atoms with Crippen molar-refractivity contribution in [2.75, 3.05) is 0 Å². The molecule has 96 valence electrons. The number of phenols is 2. The smallest absolute Gasteiger partial charge is 0.120 e. The Bertz CT molecular complexity index is 363. The van der Waals surface area contributed by atoms with Gasteiger partial charge >= 0.3 is 0 Å². The third kappa shape index (κ3) is 3.63. The van der Waals surface area contributed by atoms with Crippen LogP contribution in [0.4, 0.5) is 0 Å². The fourth-order valence-corrected chi connectivity index (χ4v) is 2.08. The molecule has 0 fully saturated rings. The Morgan fingerprint density at radius 3 is 2.35 bits per heavy atom. The lowest BCUT2D eigenvalue weighted by Crippen LogP contribution is -2.35. The van der Waals surface area contributed by atoms with Gasteiger partial charge < -0.3 is 15.5 Å². The molecule has 0 heterocycles. The Labute approximate surface area is 103 Å². The highest BCUT2D eigenvalue weighted by molar-refractivity contribution is 5.40. The summed E-state index contributed by atoms with van der Waals surface area (Å²) in [6.45, 7) is 8.50. The minimum Gasteiger partial charge on any atom is -0.508 e. The zero-order chi connectivity index (χ0) is 13.0. The average molecular weight is 237 g/mol. The van der Waals surface area contributed by atoms with Gasteiger partial charge in [0.05, 0.1) is 0 Å². The van der Waals surface area contributed by atoms with Gasteiger partial charge in [-0.2, -0.15) is 0 Å². The SMILES string of the molecule is CCC(NC(C)c1cc(O)ccc1O)C(C)C. The molecule has 3 heteroatoms. The molecule has 17 heavy (non-hydrogen) atoms. The summed E-state index contributed by atoms with van der Waals surface area (Å²) in [6.07, 6.45) is 1.04. The van der Waals surface area contributed by atoms with Crippen LogP contribution in [-0.2, 0) is 0 Å². The van der Waals surface area contributed by atoms with E-state index >= 15 is 0 Å². The van der Waals surface area contributed by atoms with Gasteiger partial charge in [-0.05, 0) is 37.5 Å². The molecule has 2 atom stereocenters. The molecule has 0 saturated carbocycles. The Morgan fingerprint density at radius 1 is 1.18 bits per heavy atom. The summed E-state index contributed by atoms with van der Waals surface area (Å²) in [4.78, 5) is 0. The first-order chi connectivity index (χ1) is 7.95. The number of hydrogen-bond donors (Lipinski definition) is 3. The maximum atomic E-state index is 9.78. The highest BCUT2D eigenvalue weighted by Gasteiger charge is 2.17. The number of benzene rings is 1. The van der Waals surface area contributed by atoms with Gasteiger partial charge in [0.25, 0.3) is 0 Å². The van der Waals surface area contributed by atoms with Crippen molar-refractivity contribution in [2.24, 2.45) is 5.92 Å². The highest BCUT2D eigenvalue weighted by Crippen LogP contribution is 2.28. The molecule has 1 aromatic rings. The zero-order valence-corrected chi connectivity index (χ0v) is 11.1. The normalized spacial score (nSPS) is 14.9. The second-order valence-corrected chi connectivity index (χ2v) is 4.89. The molecule has 0 amide bonds. The van der Waals surface area contributed by atoms with Gasteiger partial charge in [0.15, 0.2) is 0 Å². The number of phenolic OH excluding ortho intramolecular Hbond substituents is 2. The minimum absolute atomic E-state index is 0.0226. The van der Waals surface area contributed by atoms with Crippen molar-refractivity contribution < 1.29 is 10.2 Å². The quantitative estimate of drug-likeness (QED) is 0.689. The summed E-state index contributed by atoms with van der Waals surface area (Å²) in [5, 5.41) is 22.7. The fraction of sp³-hybridized carbons (Fsp3) is 0.571. The van der Waals surface area contributed by atoms with E-state index in [0.29, 0.717) is 12.0 Å². The monoisotopic (exact) mass is 237 g/mol. The van der Waals surface area contributed by atoms with Crippen LogP contribution in [0.5, 0.6) is 11.5 Å². The van der Waals surface area contributed by atoms with Crippen LogP contribution in [0.1, 0.15) is 45.7 Å². The minimum atomic E-state index is 0.0226. The van der Waals surface area contributed by atoms with E-state index in [0.717, 1.165) is 12.0 Å². The summed E-state index contributed by atoms with van der Waals surface area (Å²) in [7, 11) is 0. The maximum absolute atomic E-state index is 9.78. The summed E-state index contributed by atoms with van der Waals surface area (Å²) in [6, 6.07) is 5.06. The van der Waals surface area contributed by atoms with Crippen molar-refractivity contribution in [1.29, 1.82) is 0 Å². The first kappa shape index (κ1) is 13.8. The van der Waals surface area contributed by atoms with Crippen LogP contribution in [0.3, 0.4) is 0 Å². The van der Waals surface area contributed by atoms with Gasteiger partial charge in [-0.1, -0.05) is 20.8 Å². The Morgan fingerprint density at radius 2 is 1.82 bits per heavy atom.